The highest BCUT2D eigenvalue weighted by Crippen LogP contribution is 2.19. The van der Waals surface area contributed by atoms with Crippen LogP contribution in [0.3, 0.4) is 0 Å². The summed E-state index contributed by atoms with van der Waals surface area (Å²) in [6, 6.07) is 0. The first kappa shape index (κ1) is 58.3. The number of hydrogen-bond donors (Lipinski definition) is 2. The fraction of sp³-hybridized carbons (Fsp3) is 0.889. The summed E-state index contributed by atoms with van der Waals surface area (Å²) in [4.78, 5) is 27.0. The molecule has 2 unspecified atom stereocenters. The van der Waals surface area contributed by atoms with Crippen LogP contribution in [0, 0.1) is 5.92 Å². The van der Waals surface area contributed by atoms with Crippen LogP contribution < -0.4 is 5.32 Å². The zero-order valence-electron chi connectivity index (χ0n) is 41.0. The highest BCUT2D eigenvalue weighted by atomic mass is 16.5. The molecule has 364 valence electrons. The molecule has 8 heteroatoms. The van der Waals surface area contributed by atoms with E-state index >= 15 is 0 Å². The monoisotopic (exact) mass is 875 g/mol. The summed E-state index contributed by atoms with van der Waals surface area (Å²) in [5, 5.41) is 14.8. The van der Waals surface area contributed by atoms with Crippen LogP contribution in [0.1, 0.15) is 239 Å². The highest BCUT2D eigenvalue weighted by Gasteiger charge is 2.19. The van der Waals surface area contributed by atoms with Crippen molar-refractivity contribution in [3.05, 3.63) is 24.3 Å². The first-order chi connectivity index (χ1) is 30.6. The number of carbonyl (C=O) groups excluding carboxylic acids is 2. The molecule has 0 radical (unpaired) electrons. The van der Waals surface area contributed by atoms with Crippen LogP contribution in [0.15, 0.2) is 24.3 Å². The summed E-state index contributed by atoms with van der Waals surface area (Å²) in [5.74, 6) is 0.0211. The highest BCUT2D eigenvalue weighted by molar-refractivity contribution is 5.69. The second kappa shape index (κ2) is 47.2. The van der Waals surface area contributed by atoms with Gasteiger partial charge in [0.25, 0.3) is 0 Å². The first-order valence-electron chi connectivity index (χ1n) is 26.9. The van der Waals surface area contributed by atoms with Gasteiger partial charge in [-0.05, 0) is 109 Å². The van der Waals surface area contributed by atoms with Crippen LogP contribution in [-0.2, 0) is 23.8 Å². The molecular weight excluding hydrogens is 773 g/mol. The van der Waals surface area contributed by atoms with Gasteiger partial charge in [-0.25, -0.2) is 0 Å². The molecule has 1 fully saturated rings. The number of nitrogens with zero attached hydrogens (tertiary/aromatic N) is 1. The van der Waals surface area contributed by atoms with Crippen LogP contribution in [0.5, 0.6) is 0 Å². The van der Waals surface area contributed by atoms with Crippen LogP contribution in [0.4, 0.5) is 0 Å². The number of rotatable bonds is 47. The van der Waals surface area contributed by atoms with E-state index in [4.69, 9.17) is 14.2 Å². The smallest absolute Gasteiger partial charge is 0.305 e. The van der Waals surface area contributed by atoms with E-state index in [9.17, 15) is 14.7 Å². The van der Waals surface area contributed by atoms with Crippen molar-refractivity contribution >= 4 is 11.9 Å². The normalized spacial score (nSPS) is 14.6. The van der Waals surface area contributed by atoms with E-state index in [-0.39, 0.29) is 24.0 Å². The third-order valence-electron chi connectivity index (χ3n) is 12.6. The lowest BCUT2D eigenvalue weighted by atomic mass is 9.92. The van der Waals surface area contributed by atoms with Crippen molar-refractivity contribution in [2.75, 3.05) is 59.2 Å². The van der Waals surface area contributed by atoms with Gasteiger partial charge in [-0.3, -0.25) is 14.5 Å². The van der Waals surface area contributed by atoms with Crippen LogP contribution >= 0.6 is 0 Å². The molecule has 1 aliphatic heterocycles. The second-order valence-corrected chi connectivity index (χ2v) is 18.4. The molecule has 1 aliphatic rings. The van der Waals surface area contributed by atoms with E-state index in [1.807, 2.05) is 0 Å². The van der Waals surface area contributed by atoms with Crippen molar-refractivity contribution < 1.29 is 28.9 Å². The van der Waals surface area contributed by atoms with Gasteiger partial charge >= 0.3 is 11.9 Å². The molecule has 0 saturated carbocycles. The van der Waals surface area contributed by atoms with Crippen molar-refractivity contribution in [1.29, 1.82) is 0 Å². The molecule has 0 aromatic carbocycles. The van der Waals surface area contributed by atoms with Gasteiger partial charge in [-0.1, -0.05) is 147 Å². The number of hydrogen-bond acceptors (Lipinski definition) is 8. The molecule has 2 atom stereocenters. The van der Waals surface area contributed by atoms with E-state index in [2.05, 4.69) is 48.4 Å². The maximum atomic E-state index is 12.3. The maximum Gasteiger partial charge on any atom is 0.305 e. The molecule has 0 aliphatic carbocycles. The zero-order valence-corrected chi connectivity index (χ0v) is 41.0. The number of unbranched alkanes of at least 4 members (excludes halogenated alkanes) is 25. The molecule has 0 aromatic rings. The summed E-state index contributed by atoms with van der Waals surface area (Å²) in [6.07, 6.45) is 48.8. The van der Waals surface area contributed by atoms with Crippen molar-refractivity contribution in [2.24, 2.45) is 5.92 Å². The molecule has 2 N–H and O–H groups in total. The molecule has 0 aromatic heterocycles. The lowest BCUT2D eigenvalue weighted by Gasteiger charge is -2.28. The number of aliphatic hydroxyl groups excluding tert-OH is 1. The molecule has 0 amide bonds. The Morgan fingerprint density at radius 1 is 0.548 bits per heavy atom. The van der Waals surface area contributed by atoms with Crippen molar-refractivity contribution in [3.63, 3.8) is 0 Å². The molecule has 1 rings (SSSR count). The summed E-state index contributed by atoms with van der Waals surface area (Å²) in [6.45, 7) is 11.7. The van der Waals surface area contributed by atoms with Gasteiger partial charge in [0.15, 0.2) is 0 Å². The summed E-state index contributed by atoms with van der Waals surface area (Å²) in [5.41, 5.74) is 0. The number of nitrogens with one attached hydrogen (secondary N) is 1. The number of allylic oxidation sites excluding steroid dienone is 4. The fourth-order valence-electron chi connectivity index (χ4n) is 8.35. The van der Waals surface area contributed by atoms with E-state index in [1.165, 1.54) is 141 Å². The fourth-order valence-corrected chi connectivity index (χ4v) is 8.35. The summed E-state index contributed by atoms with van der Waals surface area (Å²) < 4.78 is 16.6. The number of ether oxygens (including phenoxy) is 3. The Labute approximate surface area is 383 Å². The quantitative estimate of drug-likeness (QED) is 0.0354. The standard InChI is InChI=1S/C54H102N2O6/c1-3-5-7-9-11-13-15-17-19-21-23-25-27-29-33-40-53(58)61-46-36-31-32-39-52(57)51(50-55-42-43-56-44-48-60-49-45-56)38-35-37-47-62-54(59)41-34-30-28-26-24-22-20-18-16-14-12-10-8-6-4-2/h17-20,51-52,55,57H,3-16,21-50H2,1-2H3/b19-17-,20-18-. The van der Waals surface area contributed by atoms with Gasteiger partial charge in [0, 0.05) is 45.6 Å². The minimum atomic E-state index is -0.377. The van der Waals surface area contributed by atoms with Gasteiger partial charge in [-0.15, -0.1) is 0 Å². The lowest BCUT2D eigenvalue weighted by Crippen LogP contribution is -2.41. The van der Waals surface area contributed by atoms with Crippen molar-refractivity contribution in [3.8, 4) is 0 Å². The van der Waals surface area contributed by atoms with Crippen molar-refractivity contribution in [1.82, 2.24) is 10.2 Å². The lowest BCUT2D eigenvalue weighted by molar-refractivity contribution is -0.144. The topological polar surface area (TPSA) is 97.3 Å². The minimum absolute atomic E-state index is 0.0698. The molecule has 8 nitrogen and oxygen atoms in total. The Morgan fingerprint density at radius 3 is 1.44 bits per heavy atom. The number of esters is 2. The number of carbonyl (C=O) groups is 2. The van der Waals surface area contributed by atoms with E-state index in [0.717, 1.165) is 117 Å². The van der Waals surface area contributed by atoms with Crippen molar-refractivity contribution in [2.45, 2.75) is 245 Å². The summed E-state index contributed by atoms with van der Waals surface area (Å²) in [7, 11) is 0. The van der Waals surface area contributed by atoms with Gasteiger partial charge in [0.1, 0.15) is 0 Å². The Kier molecular flexibility index (Phi) is 44.4. The first-order valence-corrected chi connectivity index (χ1v) is 26.9. The molecule has 62 heavy (non-hydrogen) atoms. The van der Waals surface area contributed by atoms with E-state index in [1.54, 1.807) is 0 Å². The Morgan fingerprint density at radius 2 is 0.952 bits per heavy atom. The average molecular weight is 875 g/mol. The third kappa shape index (κ3) is 41.0. The average Bonchev–Trinajstić information content (AvgIpc) is 3.28. The number of aliphatic hydroxyl groups is 1. The molecule has 0 spiro atoms. The Hall–Kier alpha value is -1.74. The maximum absolute atomic E-state index is 12.3. The zero-order chi connectivity index (χ0) is 44.7. The van der Waals surface area contributed by atoms with E-state index in [0.29, 0.717) is 26.1 Å². The van der Waals surface area contributed by atoms with Crippen LogP contribution in [0.2, 0.25) is 0 Å². The molecule has 1 heterocycles. The van der Waals surface area contributed by atoms with Gasteiger partial charge in [0.2, 0.25) is 0 Å². The van der Waals surface area contributed by atoms with Gasteiger partial charge < -0.3 is 24.6 Å². The predicted molar refractivity (Wildman–Crippen MR) is 263 cm³/mol. The predicted octanol–water partition coefficient (Wildman–Crippen LogP) is 13.8. The minimum Gasteiger partial charge on any atom is -0.466 e. The molecule has 1 saturated heterocycles. The third-order valence-corrected chi connectivity index (χ3v) is 12.6. The Balaban J connectivity index is 2.12. The Bertz CT molecular complexity index is 1010. The van der Waals surface area contributed by atoms with Gasteiger partial charge in [0.05, 0.1) is 32.5 Å². The molecular formula is C54H102N2O6. The SMILES string of the molecule is CCCCCCCC/C=C\CCCCCCCC(=O)OCCCCCC(O)C(CCCCOC(=O)CCCCCCC/C=C\CCCCCCCC)CNCCN1CCOCC1. The van der Waals surface area contributed by atoms with Crippen LogP contribution in [-0.4, -0.2) is 87.2 Å². The largest absolute Gasteiger partial charge is 0.466 e. The van der Waals surface area contributed by atoms with Gasteiger partial charge in [-0.2, -0.15) is 0 Å². The van der Waals surface area contributed by atoms with Crippen LogP contribution in [0.25, 0.3) is 0 Å². The molecule has 0 bridgehead atoms. The summed E-state index contributed by atoms with van der Waals surface area (Å²) >= 11 is 0. The second-order valence-electron chi connectivity index (χ2n) is 18.4. The van der Waals surface area contributed by atoms with E-state index < -0.39 is 0 Å². The number of morpholine rings is 1.